The minimum Gasteiger partial charge on any atom is -0.457 e. The first-order valence-corrected chi connectivity index (χ1v) is 12.3. The Bertz CT molecular complexity index is 1260. The van der Waals surface area contributed by atoms with E-state index in [4.69, 9.17) is 39.2 Å². The van der Waals surface area contributed by atoms with Crippen molar-refractivity contribution < 1.29 is 14.0 Å². The van der Waals surface area contributed by atoms with Crippen molar-refractivity contribution in [3.8, 4) is 11.3 Å². The van der Waals surface area contributed by atoms with E-state index in [0.717, 1.165) is 5.69 Å². The second-order valence-corrected chi connectivity index (χ2v) is 9.31. The van der Waals surface area contributed by atoms with E-state index in [2.05, 4.69) is 10.2 Å². The van der Waals surface area contributed by atoms with Crippen LogP contribution in [0.1, 0.15) is 19.1 Å². The average Bonchev–Trinajstić information content (AvgIpc) is 3.31. The van der Waals surface area contributed by atoms with Crippen molar-refractivity contribution in [1.82, 2.24) is 4.90 Å². The third-order valence-corrected chi connectivity index (χ3v) is 6.50. The predicted molar refractivity (Wildman–Crippen MR) is 142 cm³/mol. The second-order valence-electron chi connectivity index (χ2n) is 8.03. The monoisotopic (exact) mass is 531 g/mol. The minimum absolute atomic E-state index is 0.152. The summed E-state index contributed by atoms with van der Waals surface area (Å²) in [6, 6.07) is 14.1. The van der Waals surface area contributed by atoms with Crippen LogP contribution in [0.5, 0.6) is 0 Å². The zero-order valence-corrected chi connectivity index (χ0v) is 21.3. The van der Waals surface area contributed by atoms with E-state index in [1.54, 1.807) is 48.5 Å². The van der Waals surface area contributed by atoms with Crippen molar-refractivity contribution in [2.45, 2.75) is 13.3 Å². The molecule has 0 unspecified atom stereocenters. The van der Waals surface area contributed by atoms with Gasteiger partial charge in [0.1, 0.15) is 11.5 Å². The SMILES string of the molecule is CCC(=O)N1CCN(c2ccc(Cl)cc2NC(=O)/C=C/c2ccc(-c3ccc(Cl)cc3Cl)o2)CC1. The van der Waals surface area contributed by atoms with Crippen LogP contribution in [0.4, 0.5) is 11.4 Å². The van der Waals surface area contributed by atoms with Crippen molar-refractivity contribution in [3.05, 3.63) is 75.4 Å². The first kappa shape index (κ1) is 25.2. The lowest BCUT2D eigenvalue weighted by Crippen LogP contribution is -2.48. The molecule has 2 amide bonds. The van der Waals surface area contributed by atoms with Crippen LogP contribution < -0.4 is 10.2 Å². The Labute approximate surface area is 219 Å². The summed E-state index contributed by atoms with van der Waals surface area (Å²) in [5.41, 5.74) is 2.18. The van der Waals surface area contributed by atoms with Crippen molar-refractivity contribution in [3.63, 3.8) is 0 Å². The molecule has 6 nitrogen and oxygen atoms in total. The van der Waals surface area contributed by atoms with Gasteiger partial charge in [-0.3, -0.25) is 9.59 Å². The fourth-order valence-corrected chi connectivity index (χ4v) is 4.59. The standard InChI is InChI=1S/C26H24Cl3N3O3/c1-2-26(34)32-13-11-31(12-14-32)23-8-4-18(28)16-22(23)30-25(33)10-6-19-5-9-24(35-19)20-7-3-17(27)15-21(20)29/h3-10,15-16H,2,11-14H2,1H3,(H,30,33)/b10-6+. The Morgan fingerprint density at radius 2 is 1.69 bits per heavy atom. The molecular weight excluding hydrogens is 509 g/mol. The van der Waals surface area contributed by atoms with Crippen LogP contribution in [0, 0.1) is 0 Å². The van der Waals surface area contributed by atoms with E-state index < -0.39 is 0 Å². The van der Waals surface area contributed by atoms with Gasteiger partial charge >= 0.3 is 0 Å². The number of carbonyl (C=O) groups excluding carboxylic acids is 2. The number of hydrogen-bond donors (Lipinski definition) is 1. The summed E-state index contributed by atoms with van der Waals surface area (Å²) in [5.74, 6) is 0.906. The molecule has 182 valence electrons. The molecule has 0 atom stereocenters. The van der Waals surface area contributed by atoms with Crippen molar-refractivity contribution in [2.24, 2.45) is 0 Å². The molecule has 2 aromatic carbocycles. The van der Waals surface area contributed by atoms with Gasteiger partial charge in [0.25, 0.3) is 0 Å². The highest BCUT2D eigenvalue weighted by Gasteiger charge is 2.22. The van der Waals surface area contributed by atoms with Crippen molar-refractivity contribution in [1.29, 1.82) is 0 Å². The van der Waals surface area contributed by atoms with Gasteiger partial charge in [0.15, 0.2) is 0 Å². The molecule has 0 bridgehead atoms. The number of hydrogen-bond acceptors (Lipinski definition) is 4. The van der Waals surface area contributed by atoms with Gasteiger partial charge in [-0.05, 0) is 54.6 Å². The summed E-state index contributed by atoms with van der Waals surface area (Å²) < 4.78 is 5.81. The van der Waals surface area contributed by atoms with Gasteiger partial charge in [-0.1, -0.05) is 41.7 Å². The first-order valence-electron chi connectivity index (χ1n) is 11.2. The van der Waals surface area contributed by atoms with Gasteiger partial charge in [0.2, 0.25) is 11.8 Å². The third-order valence-electron chi connectivity index (χ3n) is 5.71. The Hall–Kier alpha value is -2.93. The molecule has 0 radical (unpaired) electrons. The quantitative estimate of drug-likeness (QED) is 0.363. The Morgan fingerprint density at radius 1 is 0.971 bits per heavy atom. The molecule has 35 heavy (non-hydrogen) atoms. The van der Waals surface area contributed by atoms with Crippen molar-refractivity contribution in [2.75, 3.05) is 36.4 Å². The number of anilines is 2. The molecule has 1 N–H and O–H groups in total. The molecule has 2 heterocycles. The highest BCUT2D eigenvalue weighted by Crippen LogP contribution is 2.32. The minimum atomic E-state index is -0.323. The van der Waals surface area contributed by atoms with E-state index in [0.29, 0.717) is 70.4 Å². The molecule has 1 aliphatic rings. The number of rotatable bonds is 6. The summed E-state index contributed by atoms with van der Waals surface area (Å²) in [6.07, 6.45) is 3.48. The van der Waals surface area contributed by atoms with Crippen LogP contribution in [0.25, 0.3) is 17.4 Å². The summed E-state index contributed by atoms with van der Waals surface area (Å²) in [4.78, 5) is 28.7. The van der Waals surface area contributed by atoms with Gasteiger partial charge in [-0.2, -0.15) is 0 Å². The lowest BCUT2D eigenvalue weighted by molar-refractivity contribution is -0.131. The van der Waals surface area contributed by atoms with Crippen molar-refractivity contribution >= 4 is 64.1 Å². The number of nitrogens with zero attached hydrogens (tertiary/aromatic N) is 2. The molecule has 1 aromatic heterocycles. The molecular formula is C26H24Cl3N3O3. The summed E-state index contributed by atoms with van der Waals surface area (Å²) in [7, 11) is 0. The predicted octanol–water partition coefficient (Wildman–Crippen LogP) is 6.62. The molecule has 0 aliphatic carbocycles. The maximum absolute atomic E-state index is 12.7. The number of piperazine rings is 1. The number of carbonyl (C=O) groups is 2. The average molecular weight is 533 g/mol. The van der Waals surface area contributed by atoms with Crippen LogP contribution in [-0.2, 0) is 9.59 Å². The maximum atomic E-state index is 12.7. The van der Waals surface area contributed by atoms with E-state index in [1.165, 1.54) is 6.08 Å². The third kappa shape index (κ3) is 6.20. The molecule has 3 aromatic rings. The van der Waals surface area contributed by atoms with Gasteiger partial charge in [0, 0.05) is 54.3 Å². The Balaban J connectivity index is 1.44. The van der Waals surface area contributed by atoms with Crippen LogP contribution in [0.2, 0.25) is 15.1 Å². The first-order chi connectivity index (χ1) is 16.8. The molecule has 0 saturated carbocycles. The fourth-order valence-electron chi connectivity index (χ4n) is 3.91. The Kier molecular flexibility index (Phi) is 8.06. The van der Waals surface area contributed by atoms with Crippen LogP contribution in [0.15, 0.2) is 59.0 Å². The molecule has 1 aliphatic heterocycles. The number of benzene rings is 2. The van der Waals surface area contributed by atoms with E-state index in [-0.39, 0.29) is 11.8 Å². The number of furan rings is 1. The highest BCUT2D eigenvalue weighted by molar-refractivity contribution is 6.36. The van der Waals surface area contributed by atoms with Crippen LogP contribution >= 0.6 is 34.8 Å². The van der Waals surface area contributed by atoms with Gasteiger partial charge in [-0.25, -0.2) is 0 Å². The second kappa shape index (κ2) is 11.2. The maximum Gasteiger partial charge on any atom is 0.248 e. The molecule has 4 rings (SSSR count). The number of halogens is 3. The van der Waals surface area contributed by atoms with Crippen LogP contribution in [-0.4, -0.2) is 42.9 Å². The lowest BCUT2D eigenvalue weighted by atomic mass is 10.2. The smallest absolute Gasteiger partial charge is 0.248 e. The zero-order valence-electron chi connectivity index (χ0n) is 19.1. The number of amides is 2. The summed E-state index contributed by atoms with van der Waals surface area (Å²) in [5, 5.41) is 4.45. The summed E-state index contributed by atoms with van der Waals surface area (Å²) in [6.45, 7) is 4.50. The van der Waals surface area contributed by atoms with Gasteiger partial charge in [0.05, 0.1) is 16.4 Å². The normalized spacial score (nSPS) is 13.9. The highest BCUT2D eigenvalue weighted by atomic mass is 35.5. The number of nitrogens with one attached hydrogen (secondary N) is 1. The Morgan fingerprint density at radius 3 is 2.40 bits per heavy atom. The molecule has 1 fully saturated rings. The topological polar surface area (TPSA) is 65.8 Å². The molecule has 0 spiro atoms. The van der Waals surface area contributed by atoms with E-state index in [9.17, 15) is 9.59 Å². The lowest BCUT2D eigenvalue weighted by Gasteiger charge is -2.37. The zero-order chi connectivity index (χ0) is 24.9. The van der Waals surface area contributed by atoms with E-state index >= 15 is 0 Å². The molecule has 9 heteroatoms. The fraction of sp³-hybridized carbons (Fsp3) is 0.231. The largest absolute Gasteiger partial charge is 0.457 e. The van der Waals surface area contributed by atoms with E-state index in [1.807, 2.05) is 17.9 Å². The van der Waals surface area contributed by atoms with Crippen LogP contribution in [0.3, 0.4) is 0 Å². The van der Waals surface area contributed by atoms with Gasteiger partial charge < -0.3 is 19.5 Å². The molecule has 1 saturated heterocycles. The van der Waals surface area contributed by atoms with Gasteiger partial charge in [-0.15, -0.1) is 0 Å². The summed E-state index contributed by atoms with van der Waals surface area (Å²) >= 11 is 18.4.